The van der Waals surface area contributed by atoms with Gasteiger partial charge in [0.05, 0.1) is 11.8 Å². The van der Waals surface area contributed by atoms with Gasteiger partial charge in [-0.1, -0.05) is 12.2 Å². The number of fused-ring (bicyclic) bond motifs is 1. The molecule has 11 heavy (non-hydrogen) atoms. The molecule has 2 heteroatoms. The molecule has 1 heterocycles. The first-order valence-electron chi connectivity index (χ1n) is 3.71. The molecule has 2 nitrogen and oxygen atoms in total. The third-order valence-electron chi connectivity index (χ3n) is 1.82. The van der Waals surface area contributed by atoms with Crippen molar-refractivity contribution in [3.8, 4) is 0 Å². The number of hydrogen-bond acceptors (Lipinski definition) is 2. The summed E-state index contributed by atoms with van der Waals surface area (Å²) >= 11 is 0. The predicted molar refractivity (Wildman–Crippen MR) is 46.4 cm³/mol. The van der Waals surface area contributed by atoms with Crippen LogP contribution in [0.3, 0.4) is 0 Å². The number of rotatable bonds is 0. The van der Waals surface area contributed by atoms with Crippen molar-refractivity contribution >= 4 is 5.71 Å². The van der Waals surface area contributed by atoms with Crippen LogP contribution in [-0.4, -0.2) is 11.8 Å². The minimum atomic E-state index is 0.295. The fourth-order valence-electron chi connectivity index (χ4n) is 1.25. The molecule has 0 saturated heterocycles. The lowest BCUT2D eigenvalue weighted by Gasteiger charge is -2.19. The fraction of sp³-hybridized carbons (Fsp3) is 0.222. The maximum absolute atomic E-state index is 4.25. The van der Waals surface area contributed by atoms with E-state index in [-0.39, 0.29) is 0 Å². The largest absolute Gasteiger partial charge is 0.378 e. The van der Waals surface area contributed by atoms with Gasteiger partial charge in [-0.2, -0.15) is 0 Å². The molecule has 0 spiro atoms. The summed E-state index contributed by atoms with van der Waals surface area (Å²) < 4.78 is 0. The van der Waals surface area contributed by atoms with Crippen molar-refractivity contribution < 1.29 is 0 Å². The Balaban J connectivity index is 2.35. The van der Waals surface area contributed by atoms with Crippen LogP contribution in [0, 0.1) is 0 Å². The summed E-state index contributed by atoms with van der Waals surface area (Å²) in [6.07, 6.45) is 9.98. The van der Waals surface area contributed by atoms with Crippen LogP contribution in [0.15, 0.2) is 41.2 Å². The molecular formula is C9H10N2. The van der Waals surface area contributed by atoms with E-state index in [1.165, 1.54) is 5.57 Å². The summed E-state index contributed by atoms with van der Waals surface area (Å²) in [5, 5.41) is 3.20. The van der Waals surface area contributed by atoms with E-state index in [1.807, 2.05) is 6.20 Å². The Kier molecular flexibility index (Phi) is 1.39. The van der Waals surface area contributed by atoms with Gasteiger partial charge < -0.3 is 5.32 Å². The molecule has 1 unspecified atom stereocenters. The molecule has 0 aromatic carbocycles. The van der Waals surface area contributed by atoms with Gasteiger partial charge in [0.25, 0.3) is 0 Å². The first kappa shape index (κ1) is 6.40. The van der Waals surface area contributed by atoms with Crippen molar-refractivity contribution in [3.63, 3.8) is 0 Å². The Morgan fingerprint density at radius 3 is 3.36 bits per heavy atom. The third kappa shape index (κ3) is 1.11. The highest BCUT2D eigenvalue weighted by molar-refractivity contribution is 6.03. The van der Waals surface area contributed by atoms with Crippen molar-refractivity contribution in [1.29, 1.82) is 0 Å². The highest BCUT2D eigenvalue weighted by atomic mass is 15.0. The number of hydrogen-bond donors (Lipinski definition) is 1. The molecule has 1 aliphatic carbocycles. The fourth-order valence-corrected chi connectivity index (χ4v) is 1.25. The van der Waals surface area contributed by atoms with Gasteiger partial charge in [0.2, 0.25) is 0 Å². The summed E-state index contributed by atoms with van der Waals surface area (Å²) in [5.41, 5.74) is 2.37. The number of nitrogens with one attached hydrogen (secondary N) is 1. The van der Waals surface area contributed by atoms with E-state index in [1.54, 1.807) is 6.20 Å². The Labute approximate surface area is 66.0 Å². The molecule has 1 N–H and O–H groups in total. The van der Waals surface area contributed by atoms with Crippen molar-refractivity contribution in [2.24, 2.45) is 4.99 Å². The molecule has 0 amide bonds. The molecule has 2 rings (SSSR count). The lowest BCUT2D eigenvalue weighted by atomic mass is 10.0. The van der Waals surface area contributed by atoms with Crippen LogP contribution in [0.4, 0.5) is 0 Å². The summed E-state index contributed by atoms with van der Waals surface area (Å²) in [5.74, 6) is 0. The van der Waals surface area contributed by atoms with Crippen LogP contribution in [0.2, 0.25) is 0 Å². The second kappa shape index (κ2) is 2.38. The van der Waals surface area contributed by atoms with E-state index in [9.17, 15) is 0 Å². The molecule has 0 radical (unpaired) electrons. The van der Waals surface area contributed by atoms with E-state index in [4.69, 9.17) is 0 Å². The zero-order chi connectivity index (χ0) is 7.68. The summed E-state index contributed by atoms with van der Waals surface area (Å²) in [6, 6.07) is 0.295. The van der Waals surface area contributed by atoms with Crippen molar-refractivity contribution in [2.45, 2.75) is 13.0 Å². The van der Waals surface area contributed by atoms with Crippen LogP contribution in [-0.2, 0) is 0 Å². The monoisotopic (exact) mass is 146 g/mol. The molecular weight excluding hydrogens is 136 g/mol. The van der Waals surface area contributed by atoms with Crippen LogP contribution in [0.1, 0.15) is 6.92 Å². The van der Waals surface area contributed by atoms with Gasteiger partial charge in [-0.15, -0.1) is 0 Å². The molecule has 1 atom stereocenters. The smallest absolute Gasteiger partial charge is 0.0869 e. The van der Waals surface area contributed by atoms with Crippen LogP contribution < -0.4 is 5.32 Å². The minimum Gasteiger partial charge on any atom is -0.378 e. The zero-order valence-corrected chi connectivity index (χ0v) is 6.41. The lowest BCUT2D eigenvalue weighted by Crippen LogP contribution is -2.33. The van der Waals surface area contributed by atoms with Crippen LogP contribution in [0.5, 0.6) is 0 Å². The Bertz CT molecular complexity index is 282. The van der Waals surface area contributed by atoms with Crippen molar-refractivity contribution in [1.82, 2.24) is 5.32 Å². The van der Waals surface area contributed by atoms with Gasteiger partial charge in [0.15, 0.2) is 0 Å². The third-order valence-corrected chi connectivity index (χ3v) is 1.82. The lowest BCUT2D eigenvalue weighted by molar-refractivity contribution is 0.854. The Morgan fingerprint density at radius 1 is 1.55 bits per heavy atom. The van der Waals surface area contributed by atoms with Gasteiger partial charge >= 0.3 is 0 Å². The highest BCUT2D eigenvalue weighted by Crippen LogP contribution is 2.10. The summed E-state index contributed by atoms with van der Waals surface area (Å²) in [4.78, 5) is 4.25. The van der Waals surface area contributed by atoms with E-state index in [2.05, 4.69) is 35.5 Å². The highest BCUT2D eigenvalue weighted by Gasteiger charge is 2.13. The van der Waals surface area contributed by atoms with Gasteiger partial charge in [-0.25, -0.2) is 0 Å². The van der Waals surface area contributed by atoms with Gasteiger partial charge in [-0.3, -0.25) is 4.99 Å². The molecule has 0 aromatic heterocycles. The standard InChI is InChI=1S/C9H10N2/c1-7-2-3-8-9(6-7)11-5-4-10-8/h2-6,8,10H,1H3. The van der Waals surface area contributed by atoms with Crippen LogP contribution >= 0.6 is 0 Å². The normalized spacial score (nSPS) is 26.8. The average molecular weight is 146 g/mol. The van der Waals surface area contributed by atoms with Crippen molar-refractivity contribution in [2.75, 3.05) is 0 Å². The van der Waals surface area contributed by atoms with Gasteiger partial charge in [-0.05, 0) is 18.6 Å². The maximum atomic E-state index is 4.25. The maximum Gasteiger partial charge on any atom is 0.0869 e. The first-order chi connectivity index (χ1) is 5.36. The summed E-state index contributed by atoms with van der Waals surface area (Å²) in [7, 11) is 0. The number of allylic oxidation sites excluding steroid dienone is 2. The SMILES string of the molecule is CC1=CC2=NC=CNC2C=C1. The second-order valence-corrected chi connectivity index (χ2v) is 2.76. The van der Waals surface area contributed by atoms with E-state index in [0.717, 1.165) is 5.71 Å². The molecule has 56 valence electrons. The minimum absolute atomic E-state index is 0.295. The van der Waals surface area contributed by atoms with Crippen LogP contribution in [0.25, 0.3) is 0 Å². The van der Waals surface area contributed by atoms with Gasteiger partial charge in [0.1, 0.15) is 0 Å². The zero-order valence-electron chi connectivity index (χ0n) is 6.41. The van der Waals surface area contributed by atoms with E-state index in [0.29, 0.717) is 6.04 Å². The molecule has 0 aromatic rings. The molecule has 1 aliphatic heterocycles. The van der Waals surface area contributed by atoms with E-state index < -0.39 is 0 Å². The molecule has 2 aliphatic rings. The predicted octanol–water partition coefficient (Wildman–Crippen LogP) is 1.39. The molecule has 0 bridgehead atoms. The van der Waals surface area contributed by atoms with Crippen molar-refractivity contribution in [3.05, 3.63) is 36.2 Å². The molecule has 0 saturated carbocycles. The summed E-state index contributed by atoms with van der Waals surface area (Å²) in [6.45, 7) is 2.08. The molecule has 0 fully saturated rings. The average Bonchev–Trinajstić information content (AvgIpc) is 2.04. The topological polar surface area (TPSA) is 24.4 Å². The number of nitrogens with zero attached hydrogens (tertiary/aromatic N) is 1. The Morgan fingerprint density at radius 2 is 2.45 bits per heavy atom. The quantitative estimate of drug-likeness (QED) is 0.548. The van der Waals surface area contributed by atoms with E-state index >= 15 is 0 Å². The number of aliphatic imine (C=N–C) groups is 1. The van der Waals surface area contributed by atoms with Gasteiger partial charge in [0, 0.05) is 12.4 Å². The first-order valence-corrected chi connectivity index (χ1v) is 3.71. The Hall–Kier alpha value is -1.31. The second-order valence-electron chi connectivity index (χ2n) is 2.76.